The molecule has 1 N–H and O–H groups in total. The summed E-state index contributed by atoms with van der Waals surface area (Å²) in [5, 5.41) is 3.43. The second kappa shape index (κ2) is 9.20. The zero-order valence-electron chi connectivity index (χ0n) is 17.6. The van der Waals surface area contributed by atoms with Gasteiger partial charge in [-0.3, -0.25) is 9.59 Å². The molecule has 2 amide bonds. The molecule has 7 nitrogen and oxygen atoms in total. The van der Waals surface area contributed by atoms with Crippen LogP contribution in [-0.2, 0) is 11.3 Å². The Hall–Kier alpha value is -3.71. The van der Waals surface area contributed by atoms with Gasteiger partial charge in [-0.05, 0) is 48.0 Å². The number of benzene rings is 3. The van der Waals surface area contributed by atoms with E-state index in [2.05, 4.69) is 5.32 Å². The summed E-state index contributed by atoms with van der Waals surface area (Å²) < 4.78 is 16.0. The molecule has 4 rings (SSSR count). The SMILES string of the molecule is COc1ccc(C(=O)Nc2ccc3c(c2)N(Cc2ccccc2Cl)C(=O)CO3)cc1OC. The predicted molar refractivity (Wildman–Crippen MR) is 122 cm³/mol. The highest BCUT2D eigenvalue weighted by Gasteiger charge is 2.27. The van der Waals surface area contributed by atoms with E-state index in [-0.39, 0.29) is 18.4 Å². The lowest BCUT2D eigenvalue weighted by molar-refractivity contribution is -0.121. The van der Waals surface area contributed by atoms with Gasteiger partial charge in [-0.2, -0.15) is 0 Å². The van der Waals surface area contributed by atoms with Crippen LogP contribution in [0.15, 0.2) is 60.7 Å². The van der Waals surface area contributed by atoms with Crippen LogP contribution >= 0.6 is 11.6 Å². The lowest BCUT2D eigenvalue weighted by Gasteiger charge is -2.30. The lowest BCUT2D eigenvalue weighted by atomic mass is 10.1. The molecule has 0 fully saturated rings. The molecule has 32 heavy (non-hydrogen) atoms. The third-order valence-corrected chi connectivity index (χ3v) is 5.46. The van der Waals surface area contributed by atoms with Crippen molar-refractivity contribution >= 4 is 34.8 Å². The van der Waals surface area contributed by atoms with Crippen molar-refractivity contribution in [3.8, 4) is 17.2 Å². The molecule has 3 aromatic rings. The third-order valence-electron chi connectivity index (χ3n) is 5.09. The highest BCUT2D eigenvalue weighted by atomic mass is 35.5. The first-order chi connectivity index (χ1) is 15.5. The smallest absolute Gasteiger partial charge is 0.265 e. The summed E-state index contributed by atoms with van der Waals surface area (Å²) in [6, 6.07) is 17.4. The summed E-state index contributed by atoms with van der Waals surface area (Å²) in [6.07, 6.45) is 0. The van der Waals surface area contributed by atoms with Gasteiger partial charge in [-0.1, -0.05) is 29.8 Å². The summed E-state index contributed by atoms with van der Waals surface area (Å²) in [7, 11) is 3.04. The fourth-order valence-corrected chi connectivity index (χ4v) is 3.63. The minimum absolute atomic E-state index is 0.0607. The number of ether oxygens (including phenoxy) is 3. The van der Waals surface area contributed by atoms with Crippen molar-refractivity contribution in [1.82, 2.24) is 0 Å². The maximum atomic E-state index is 12.8. The van der Waals surface area contributed by atoms with Gasteiger partial charge in [-0.15, -0.1) is 0 Å². The van der Waals surface area contributed by atoms with Crippen LogP contribution in [0.5, 0.6) is 17.2 Å². The molecule has 0 saturated heterocycles. The number of fused-ring (bicyclic) bond motifs is 1. The molecule has 0 saturated carbocycles. The summed E-state index contributed by atoms with van der Waals surface area (Å²) >= 11 is 6.29. The van der Waals surface area contributed by atoms with Crippen LogP contribution in [0.2, 0.25) is 5.02 Å². The fraction of sp³-hybridized carbons (Fsp3) is 0.167. The molecular formula is C24H21ClN2O5. The van der Waals surface area contributed by atoms with Crippen LogP contribution in [0.25, 0.3) is 0 Å². The first kappa shape index (κ1) is 21.5. The Kier molecular flexibility index (Phi) is 6.18. The molecule has 1 aliphatic heterocycles. The molecule has 0 spiro atoms. The minimum atomic E-state index is -0.327. The quantitative estimate of drug-likeness (QED) is 0.594. The van der Waals surface area contributed by atoms with Crippen molar-refractivity contribution in [2.75, 3.05) is 31.0 Å². The van der Waals surface area contributed by atoms with Crippen molar-refractivity contribution in [3.05, 3.63) is 76.8 Å². The van der Waals surface area contributed by atoms with E-state index in [1.165, 1.54) is 14.2 Å². The van der Waals surface area contributed by atoms with E-state index in [1.54, 1.807) is 47.4 Å². The van der Waals surface area contributed by atoms with Crippen molar-refractivity contribution in [3.63, 3.8) is 0 Å². The topological polar surface area (TPSA) is 77.1 Å². The molecule has 1 aliphatic rings. The van der Waals surface area contributed by atoms with Gasteiger partial charge in [-0.25, -0.2) is 0 Å². The van der Waals surface area contributed by atoms with Crippen LogP contribution in [0, 0.1) is 0 Å². The van der Waals surface area contributed by atoms with E-state index in [1.807, 2.05) is 18.2 Å². The van der Waals surface area contributed by atoms with Gasteiger partial charge in [0.1, 0.15) is 5.75 Å². The number of carbonyl (C=O) groups is 2. The summed E-state index contributed by atoms with van der Waals surface area (Å²) in [6.45, 7) is 0.233. The van der Waals surface area contributed by atoms with Crippen LogP contribution < -0.4 is 24.4 Å². The summed E-state index contributed by atoms with van der Waals surface area (Å²) in [5.74, 6) is 1.02. The number of nitrogens with one attached hydrogen (secondary N) is 1. The first-order valence-corrected chi connectivity index (χ1v) is 10.2. The molecule has 0 aliphatic carbocycles. The highest BCUT2D eigenvalue weighted by molar-refractivity contribution is 6.31. The van der Waals surface area contributed by atoms with E-state index in [4.69, 9.17) is 25.8 Å². The van der Waals surface area contributed by atoms with E-state index < -0.39 is 0 Å². The standard InChI is InChI=1S/C24H21ClN2O5/c1-30-21-9-7-15(11-22(21)31-2)24(29)26-17-8-10-20-19(12-17)27(23(28)14-32-20)13-16-5-3-4-6-18(16)25/h3-12H,13-14H2,1-2H3,(H,26,29). The van der Waals surface area contributed by atoms with Crippen molar-refractivity contribution in [2.24, 2.45) is 0 Å². The van der Waals surface area contributed by atoms with Gasteiger partial charge in [0.2, 0.25) is 0 Å². The molecule has 0 bridgehead atoms. The predicted octanol–water partition coefficient (Wildman–Crippen LogP) is 4.54. The monoisotopic (exact) mass is 452 g/mol. The number of amides is 2. The van der Waals surface area contributed by atoms with Gasteiger partial charge < -0.3 is 24.4 Å². The van der Waals surface area contributed by atoms with Gasteiger partial charge >= 0.3 is 0 Å². The molecule has 0 aromatic heterocycles. The van der Waals surface area contributed by atoms with Gasteiger partial charge in [0.05, 0.1) is 26.5 Å². The zero-order chi connectivity index (χ0) is 22.7. The molecular weight excluding hydrogens is 432 g/mol. The molecule has 0 atom stereocenters. The molecule has 164 valence electrons. The molecule has 3 aromatic carbocycles. The number of methoxy groups -OCH3 is 2. The van der Waals surface area contributed by atoms with E-state index >= 15 is 0 Å². The zero-order valence-corrected chi connectivity index (χ0v) is 18.3. The van der Waals surface area contributed by atoms with E-state index in [9.17, 15) is 9.59 Å². The minimum Gasteiger partial charge on any atom is -0.493 e. The normalized spacial score (nSPS) is 12.6. The van der Waals surface area contributed by atoms with Crippen LogP contribution in [0.1, 0.15) is 15.9 Å². The Morgan fingerprint density at radius 3 is 2.59 bits per heavy atom. The van der Waals surface area contributed by atoms with Crippen LogP contribution in [-0.4, -0.2) is 32.6 Å². The van der Waals surface area contributed by atoms with Gasteiger partial charge in [0, 0.05) is 16.3 Å². The van der Waals surface area contributed by atoms with Crippen molar-refractivity contribution in [1.29, 1.82) is 0 Å². The van der Waals surface area contributed by atoms with E-state index in [0.717, 1.165) is 5.56 Å². The molecule has 0 radical (unpaired) electrons. The average molecular weight is 453 g/mol. The Balaban J connectivity index is 1.60. The van der Waals surface area contributed by atoms with Crippen LogP contribution in [0.3, 0.4) is 0 Å². The second-order valence-electron chi connectivity index (χ2n) is 7.07. The number of hydrogen-bond acceptors (Lipinski definition) is 5. The van der Waals surface area contributed by atoms with Gasteiger partial charge in [0.25, 0.3) is 11.8 Å². The van der Waals surface area contributed by atoms with Crippen LogP contribution in [0.4, 0.5) is 11.4 Å². The number of carbonyl (C=O) groups excluding carboxylic acids is 2. The molecule has 8 heteroatoms. The van der Waals surface area contributed by atoms with Crippen molar-refractivity contribution in [2.45, 2.75) is 6.54 Å². The number of anilines is 2. The Morgan fingerprint density at radius 1 is 1.06 bits per heavy atom. The third kappa shape index (κ3) is 4.33. The maximum absolute atomic E-state index is 12.8. The molecule has 0 unspecified atom stereocenters. The Morgan fingerprint density at radius 2 is 1.84 bits per heavy atom. The summed E-state index contributed by atoms with van der Waals surface area (Å²) in [4.78, 5) is 27.0. The van der Waals surface area contributed by atoms with E-state index in [0.29, 0.717) is 45.8 Å². The number of rotatable bonds is 6. The Bertz CT molecular complexity index is 1180. The number of nitrogens with zero attached hydrogens (tertiary/aromatic N) is 1. The lowest BCUT2D eigenvalue weighted by Crippen LogP contribution is -2.38. The summed E-state index contributed by atoms with van der Waals surface area (Å²) in [5.41, 5.74) is 2.30. The highest BCUT2D eigenvalue weighted by Crippen LogP contribution is 2.36. The second-order valence-corrected chi connectivity index (χ2v) is 7.47. The first-order valence-electron chi connectivity index (χ1n) is 9.84. The van der Waals surface area contributed by atoms with Crippen molar-refractivity contribution < 1.29 is 23.8 Å². The number of halogens is 1. The largest absolute Gasteiger partial charge is 0.493 e. The maximum Gasteiger partial charge on any atom is 0.265 e. The number of hydrogen-bond donors (Lipinski definition) is 1. The molecule has 1 heterocycles. The fourth-order valence-electron chi connectivity index (χ4n) is 3.43. The average Bonchev–Trinajstić information content (AvgIpc) is 2.81. The van der Waals surface area contributed by atoms with Gasteiger partial charge in [0.15, 0.2) is 18.1 Å². The Labute approximate surface area is 190 Å².